The molecule has 2 aromatic carbocycles. The van der Waals surface area contributed by atoms with Crippen LogP contribution in [0.1, 0.15) is 159 Å². The van der Waals surface area contributed by atoms with Gasteiger partial charge in [-0.05, 0) is 115 Å². The monoisotopic (exact) mass is 1400 g/mol. The number of carbonyl (C=O) groups excluding carboxylic acids is 12. The number of aliphatic hydroxyl groups is 1. The zero-order valence-electron chi connectivity index (χ0n) is 63.1. The average Bonchev–Trinajstić information content (AvgIpc) is 0.816. The SMILES string of the molecule is CC[C@H](C)[C@H]1C(=O)N(C)[C@@H](CC(C)C)C(=O)N[C@H](C(=O)N2CCCCC2)CC(=O)N[C@H](C)C(=O)N(C)[C@@H](CC(C)C)C(=O)N[C@@H](CC(C)C)C(=O)N(C)[C@@H](Cc2ccccc2)C(=O)N[C@@H](COC(C)(C)C)C(=O)N(C)[C@@H](Cc2ccccc2)C(=O)N[C@@H]([C@@H](C)O)C(=O)N(C)[C@@H](C)C(=O)N1C. The lowest BCUT2D eigenvalue weighted by molar-refractivity contribution is -0.154. The van der Waals surface area contributed by atoms with Gasteiger partial charge in [-0.3, -0.25) is 57.5 Å². The first-order chi connectivity index (χ1) is 46.7. The van der Waals surface area contributed by atoms with Crippen molar-refractivity contribution >= 4 is 70.9 Å². The molecule has 6 N–H and O–H groups in total. The first kappa shape index (κ1) is 84.4. The summed E-state index contributed by atoms with van der Waals surface area (Å²) in [5.41, 5.74) is 0.333. The maximum Gasteiger partial charge on any atom is 0.248 e. The Balaban J connectivity index is 1.99. The molecular weight excluding hydrogens is 1280 g/mol. The van der Waals surface area contributed by atoms with Crippen molar-refractivity contribution in [1.29, 1.82) is 0 Å². The van der Waals surface area contributed by atoms with E-state index < -0.39 is 168 Å². The van der Waals surface area contributed by atoms with Crippen LogP contribution in [0.4, 0.5) is 0 Å². The number of rotatable bonds is 16. The zero-order chi connectivity index (χ0) is 75.4. The molecule has 13 atom stereocenters. The topological polar surface area (TPSA) is 317 Å². The molecule has 2 aliphatic rings. The number of benzene rings is 2. The van der Waals surface area contributed by atoms with E-state index in [4.69, 9.17) is 4.74 Å². The van der Waals surface area contributed by atoms with Gasteiger partial charge in [-0.25, -0.2) is 0 Å². The molecule has 12 amide bonds. The number of nitrogens with one attached hydrogen (secondary N) is 5. The Bertz CT molecular complexity index is 3100. The van der Waals surface area contributed by atoms with E-state index in [2.05, 4.69) is 26.6 Å². The summed E-state index contributed by atoms with van der Waals surface area (Å²) in [6.07, 6.45) is 0.409. The third-order valence-corrected chi connectivity index (χ3v) is 19.0. The van der Waals surface area contributed by atoms with Gasteiger partial charge < -0.3 is 70.7 Å². The van der Waals surface area contributed by atoms with Crippen LogP contribution in [0.15, 0.2) is 60.7 Å². The van der Waals surface area contributed by atoms with Gasteiger partial charge in [0, 0.05) is 68.2 Å². The second-order valence-electron chi connectivity index (χ2n) is 29.7. The van der Waals surface area contributed by atoms with E-state index >= 15 is 24.0 Å². The molecule has 0 saturated carbocycles. The van der Waals surface area contributed by atoms with Crippen LogP contribution in [0.3, 0.4) is 0 Å². The predicted octanol–water partition coefficient (Wildman–Crippen LogP) is 3.69. The van der Waals surface area contributed by atoms with Gasteiger partial charge >= 0.3 is 0 Å². The fourth-order valence-electron chi connectivity index (χ4n) is 12.6. The predicted molar refractivity (Wildman–Crippen MR) is 381 cm³/mol. The normalized spacial score (nSPS) is 26.1. The average molecular weight is 1400 g/mol. The summed E-state index contributed by atoms with van der Waals surface area (Å²) in [6.45, 7) is 24.3. The van der Waals surface area contributed by atoms with Gasteiger partial charge in [-0.2, -0.15) is 0 Å². The van der Waals surface area contributed by atoms with Crippen LogP contribution in [0.25, 0.3) is 0 Å². The summed E-state index contributed by atoms with van der Waals surface area (Å²) < 4.78 is 6.22. The molecule has 2 saturated heterocycles. The summed E-state index contributed by atoms with van der Waals surface area (Å²) in [6, 6.07) is 2.39. The summed E-state index contributed by atoms with van der Waals surface area (Å²) in [7, 11) is 8.32. The van der Waals surface area contributed by atoms with Crippen LogP contribution < -0.4 is 26.6 Å². The van der Waals surface area contributed by atoms with Gasteiger partial charge in [-0.1, -0.05) is 122 Å². The number of amides is 12. The molecule has 0 bridgehead atoms. The van der Waals surface area contributed by atoms with Crippen molar-refractivity contribution < 1.29 is 67.4 Å². The zero-order valence-corrected chi connectivity index (χ0v) is 63.1. The fourth-order valence-corrected chi connectivity index (χ4v) is 12.6. The fraction of sp³-hybridized carbons (Fsp3) is 0.676. The maximum atomic E-state index is 15.4. The van der Waals surface area contributed by atoms with Crippen molar-refractivity contribution in [2.24, 2.45) is 23.7 Å². The number of nitrogens with zero attached hydrogens (tertiary/aromatic N) is 7. The smallest absolute Gasteiger partial charge is 0.248 e. The molecule has 0 radical (unpaired) electrons. The van der Waals surface area contributed by atoms with Crippen molar-refractivity contribution in [3.8, 4) is 0 Å². The molecular formula is C74H118N12O14. The quantitative estimate of drug-likeness (QED) is 0.140. The number of aliphatic hydroxyl groups excluding tert-OH is 1. The van der Waals surface area contributed by atoms with Gasteiger partial charge in [0.1, 0.15) is 66.5 Å². The molecule has 0 spiro atoms. The molecule has 2 aliphatic heterocycles. The van der Waals surface area contributed by atoms with Crippen LogP contribution in [-0.4, -0.2) is 250 Å². The lowest BCUT2D eigenvalue weighted by atomic mass is 9.94. The standard InChI is InChI=1S/C74H118N12O14/c1-21-47(8)62-73(99)84(19)57(39-46(6)7)64(90)77-54(71(97)86-35-29-24-30-36-86)42-60(88)75-48(9)67(93)81(16)56(38-45(4)5)63(89)76-53(37-44(2)3)69(95)82(17)58(40-51-31-25-22-26-32-51)65(91)78-55(43-100-74(12,13)14)70(96)83(18)59(41-52-33-27-23-28-34-52)66(92)79-61(50(11)87)72(98)80(15)49(10)68(94)85(62)20/h22-23,25-28,31-34,44-50,53-59,61-62,87H,21,24,29-30,35-43H2,1-20H3,(H,75,88)(H,76,89)(H,77,90)(H,78,91)(H,79,92)/t47-,48+,49-,50+,53-,54-,55-,56-,57-,58-,59-,61-,62-/m0/s1. The Morgan fingerprint density at radius 3 is 1.40 bits per heavy atom. The van der Waals surface area contributed by atoms with Gasteiger partial charge in [0.25, 0.3) is 0 Å². The Morgan fingerprint density at radius 1 is 0.510 bits per heavy atom. The van der Waals surface area contributed by atoms with Gasteiger partial charge in [0.15, 0.2) is 0 Å². The molecule has 26 nitrogen and oxygen atoms in total. The molecule has 2 aromatic rings. The second kappa shape index (κ2) is 38.7. The van der Waals surface area contributed by atoms with E-state index in [1.54, 1.807) is 93.3 Å². The number of likely N-dealkylation sites (tertiary alicyclic amines) is 1. The highest BCUT2D eigenvalue weighted by atomic mass is 16.5. The number of ether oxygens (including phenoxy) is 1. The largest absolute Gasteiger partial charge is 0.391 e. The minimum absolute atomic E-state index is 0.0762. The Labute approximate surface area is 593 Å². The van der Waals surface area contributed by atoms with Crippen LogP contribution in [-0.2, 0) is 75.1 Å². The van der Waals surface area contributed by atoms with E-state index in [0.717, 1.165) is 16.2 Å². The number of hydrogen-bond acceptors (Lipinski definition) is 14. The highest BCUT2D eigenvalue weighted by molar-refractivity contribution is 6.00. The number of piperidine rings is 1. The third-order valence-electron chi connectivity index (χ3n) is 19.0. The minimum Gasteiger partial charge on any atom is -0.391 e. The number of carbonyl (C=O) groups is 12. The minimum atomic E-state index is -1.73. The molecule has 2 heterocycles. The van der Waals surface area contributed by atoms with Crippen molar-refractivity contribution in [3.63, 3.8) is 0 Å². The molecule has 4 rings (SSSR count). The van der Waals surface area contributed by atoms with E-state index in [1.807, 2.05) is 48.5 Å². The number of likely N-dealkylation sites (N-methyl/N-ethyl adjacent to an activating group) is 6. The lowest BCUT2D eigenvalue weighted by Crippen LogP contribution is -2.63. The Hall–Kier alpha value is -8.00. The second-order valence-corrected chi connectivity index (χ2v) is 29.7. The van der Waals surface area contributed by atoms with E-state index in [0.29, 0.717) is 43.5 Å². The third kappa shape index (κ3) is 24.1. The molecule has 558 valence electrons. The Kier molecular flexibility index (Phi) is 32.7. The molecule has 2 fully saturated rings. The van der Waals surface area contributed by atoms with Crippen LogP contribution in [0, 0.1) is 23.7 Å². The Morgan fingerprint density at radius 2 is 0.940 bits per heavy atom. The van der Waals surface area contributed by atoms with Crippen molar-refractivity contribution in [2.45, 2.75) is 239 Å². The first-order valence-corrected chi connectivity index (χ1v) is 35.5. The first-order valence-electron chi connectivity index (χ1n) is 35.5. The van der Waals surface area contributed by atoms with Gasteiger partial charge in [0.05, 0.1) is 24.7 Å². The molecule has 0 aromatic heterocycles. The van der Waals surface area contributed by atoms with Crippen molar-refractivity contribution in [2.75, 3.05) is 62.0 Å². The summed E-state index contributed by atoms with van der Waals surface area (Å²) in [4.78, 5) is 188. The van der Waals surface area contributed by atoms with E-state index in [1.165, 1.54) is 82.7 Å². The van der Waals surface area contributed by atoms with Crippen molar-refractivity contribution in [1.82, 2.24) is 60.9 Å². The van der Waals surface area contributed by atoms with Gasteiger partial charge in [0.2, 0.25) is 70.9 Å². The number of hydrogen-bond donors (Lipinski definition) is 6. The maximum absolute atomic E-state index is 15.4. The van der Waals surface area contributed by atoms with Crippen LogP contribution >= 0.6 is 0 Å². The lowest BCUT2D eigenvalue weighted by Gasteiger charge is -2.40. The molecule has 0 aliphatic carbocycles. The summed E-state index contributed by atoms with van der Waals surface area (Å²) >= 11 is 0. The van der Waals surface area contributed by atoms with Crippen molar-refractivity contribution in [3.05, 3.63) is 71.8 Å². The molecule has 100 heavy (non-hydrogen) atoms. The molecule has 0 unspecified atom stereocenters. The van der Waals surface area contributed by atoms with E-state index in [-0.39, 0.29) is 49.9 Å². The summed E-state index contributed by atoms with van der Waals surface area (Å²) in [5.74, 6) is -10.1. The van der Waals surface area contributed by atoms with Crippen LogP contribution in [0.2, 0.25) is 0 Å². The summed E-state index contributed by atoms with van der Waals surface area (Å²) in [5, 5.41) is 25.4. The van der Waals surface area contributed by atoms with Gasteiger partial charge in [-0.15, -0.1) is 0 Å². The van der Waals surface area contributed by atoms with E-state index in [9.17, 15) is 38.7 Å². The van der Waals surface area contributed by atoms with Crippen LogP contribution in [0.5, 0.6) is 0 Å². The highest BCUT2D eigenvalue weighted by Gasteiger charge is 2.45. The highest BCUT2D eigenvalue weighted by Crippen LogP contribution is 2.25. The molecule has 26 heteroatoms.